The van der Waals surface area contributed by atoms with Crippen molar-refractivity contribution in [2.45, 2.75) is 19.8 Å². The number of aromatic nitrogens is 1. The number of hydrogen-bond acceptors (Lipinski definition) is 2. The molecular weight excluding hydrogens is 136 g/mol. The molecule has 2 N–H and O–H groups in total. The van der Waals surface area contributed by atoms with Crippen LogP contribution in [0.5, 0.6) is 0 Å². The minimum Gasteiger partial charge on any atom is -0.330 e. The van der Waals surface area contributed by atoms with Crippen molar-refractivity contribution in [3.8, 4) is 0 Å². The van der Waals surface area contributed by atoms with E-state index in [1.165, 1.54) is 11.1 Å². The van der Waals surface area contributed by atoms with Crippen LogP contribution in [0.25, 0.3) is 0 Å². The molecule has 0 saturated heterocycles. The van der Waals surface area contributed by atoms with Crippen LogP contribution in [0.1, 0.15) is 18.1 Å². The molecule has 0 fully saturated rings. The van der Waals surface area contributed by atoms with Gasteiger partial charge in [0.25, 0.3) is 0 Å². The fourth-order valence-electron chi connectivity index (χ4n) is 1.17. The molecule has 2 nitrogen and oxygen atoms in total. The molecule has 0 aromatic carbocycles. The molecule has 11 heavy (non-hydrogen) atoms. The maximum absolute atomic E-state index is 5.46. The van der Waals surface area contributed by atoms with Crippen LogP contribution < -0.4 is 5.73 Å². The molecule has 2 heteroatoms. The molecule has 1 aromatic rings. The molecule has 0 spiro atoms. The van der Waals surface area contributed by atoms with Gasteiger partial charge in [-0.05, 0) is 36.6 Å². The van der Waals surface area contributed by atoms with Crippen LogP contribution in [0.3, 0.4) is 0 Å². The van der Waals surface area contributed by atoms with Gasteiger partial charge in [-0.3, -0.25) is 4.98 Å². The van der Waals surface area contributed by atoms with Crippen molar-refractivity contribution < 1.29 is 0 Å². The third kappa shape index (κ3) is 2.02. The Balaban J connectivity index is 2.83. The summed E-state index contributed by atoms with van der Waals surface area (Å²) in [5.74, 6) is 0. The minimum atomic E-state index is 0.719. The Morgan fingerprint density at radius 1 is 1.45 bits per heavy atom. The predicted molar refractivity (Wildman–Crippen MR) is 46.4 cm³/mol. The van der Waals surface area contributed by atoms with Gasteiger partial charge in [0.2, 0.25) is 0 Å². The number of rotatable bonds is 3. The van der Waals surface area contributed by atoms with Gasteiger partial charge in [-0.2, -0.15) is 0 Å². The lowest BCUT2D eigenvalue weighted by Crippen LogP contribution is -2.05. The summed E-state index contributed by atoms with van der Waals surface area (Å²) in [7, 11) is 0. The molecule has 0 bridgehead atoms. The van der Waals surface area contributed by atoms with E-state index in [4.69, 9.17) is 5.73 Å². The van der Waals surface area contributed by atoms with Crippen molar-refractivity contribution in [1.29, 1.82) is 0 Å². The molecule has 0 aliphatic heterocycles. The van der Waals surface area contributed by atoms with Crippen LogP contribution in [-0.2, 0) is 12.8 Å². The molecule has 0 radical (unpaired) electrons. The van der Waals surface area contributed by atoms with Crippen LogP contribution in [0.2, 0.25) is 0 Å². The summed E-state index contributed by atoms with van der Waals surface area (Å²) in [5, 5.41) is 0. The first-order valence-electron chi connectivity index (χ1n) is 4.00. The summed E-state index contributed by atoms with van der Waals surface area (Å²) >= 11 is 0. The molecule has 0 unspecified atom stereocenters. The largest absolute Gasteiger partial charge is 0.330 e. The van der Waals surface area contributed by atoms with E-state index in [1.54, 1.807) is 0 Å². The maximum atomic E-state index is 5.46. The van der Waals surface area contributed by atoms with E-state index in [0.717, 1.165) is 19.4 Å². The van der Waals surface area contributed by atoms with Crippen molar-refractivity contribution in [3.05, 3.63) is 29.6 Å². The fourth-order valence-corrected chi connectivity index (χ4v) is 1.17. The summed E-state index contributed by atoms with van der Waals surface area (Å²) in [4.78, 5) is 4.06. The SMILES string of the molecule is CCc1cnccc1CCN. The Labute approximate surface area is 67.5 Å². The van der Waals surface area contributed by atoms with E-state index in [-0.39, 0.29) is 0 Å². The average Bonchev–Trinajstić information content (AvgIpc) is 2.06. The number of nitrogens with two attached hydrogens (primary N) is 1. The van der Waals surface area contributed by atoms with E-state index >= 15 is 0 Å². The van der Waals surface area contributed by atoms with Gasteiger partial charge in [-0.1, -0.05) is 6.92 Å². The Hall–Kier alpha value is -0.890. The standard InChI is InChI=1S/C9H14N2/c1-2-8-7-11-6-4-9(8)3-5-10/h4,6-7H,2-3,5,10H2,1H3. The second-order valence-corrected chi connectivity index (χ2v) is 2.54. The van der Waals surface area contributed by atoms with Gasteiger partial charge in [0.15, 0.2) is 0 Å². The Kier molecular flexibility index (Phi) is 3.05. The van der Waals surface area contributed by atoms with Gasteiger partial charge < -0.3 is 5.73 Å². The molecule has 0 saturated carbocycles. The fraction of sp³-hybridized carbons (Fsp3) is 0.444. The first-order valence-corrected chi connectivity index (χ1v) is 4.00. The van der Waals surface area contributed by atoms with Crippen LogP contribution >= 0.6 is 0 Å². The van der Waals surface area contributed by atoms with Crippen LogP contribution in [0.4, 0.5) is 0 Å². The maximum Gasteiger partial charge on any atom is 0.0302 e. The molecule has 1 heterocycles. The smallest absolute Gasteiger partial charge is 0.0302 e. The third-order valence-corrected chi connectivity index (χ3v) is 1.80. The zero-order chi connectivity index (χ0) is 8.10. The highest BCUT2D eigenvalue weighted by Gasteiger charge is 1.97. The van der Waals surface area contributed by atoms with Gasteiger partial charge in [0.05, 0.1) is 0 Å². The van der Waals surface area contributed by atoms with Gasteiger partial charge in [0.1, 0.15) is 0 Å². The van der Waals surface area contributed by atoms with Crippen molar-refractivity contribution in [2.75, 3.05) is 6.54 Å². The summed E-state index contributed by atoms with van der Waals surface area (Å²) in [6.07, 6.45) is 5.75. The lowest BCUT2D eigenvalue weighted by Gasteiger charge is -2.03. The summed E-state index contributed by atoms with van der Waals surface area (Å²) in [6.45, 7) is 2.86. The van der Waals surface area contributed by atoms with Gasteiger partial charge in [-0.25, -0.2) is 0 Å². The number of nitrogens with zero attached hydrogens (tertiary/aromatic N) is 1. The molecule has 60 valence electrons. The molecule has 0 aliphatic rings. The van der Waals surface area contributed by atoms with Crippen molar-refractivity contribution in [1.82, 2.24) is 4.98 Å². The molecule has 0 amide bonds. The van der Waals surface area contributed by atoms with E-state index < -0.39 is 0 Å². The Morgan fingerprint density at radius 2 is 2.27 bits per heavy atom. The molecule has 1 aromatic heterocycles. The van der Waals surface area contributed by atoms with E-state index in [0.29, 0.717) is 0 Å². The third-order valence-electron chi connectivity index (χ3n) is 1.80. The average molecular weight is 150 g/mol. The number of aryl methyl sites for hydroxylation is 1. The first-order chi connectivity index (χ1) is 5.38. The molecule has 0 aliphatic carbocycles. The second-order valence-electron chi connectivity index (χ2n) is 2.54. The van der Waals surface area contributed by atoms with Gasteiger partial charge in [-0.15, -0.1) is 0 Å². The first kappa shape index (κ1) is 8.21. The predicted octanol–water partition coefficient (Wildman–Crippen LogP) is 1.15. The van der Waals surface area contributed by atoms with E-state index in [2.05, 4.69) is 11.9 Å². The van der Waals surface area contributed by atoms with E-state index in [9.17, 15) is 0 Å². The summed E-state index contributed by atoms with van der Waals surface area (Å²) < 4.78 is 0. The topological polar surface area (TPSA) is 38.9 Å². The lowest BCUT2D eigenvalue weighted by molar-refractivity contribution is 0.930. The molecule has 0 atom stereocenters. The number of hydrogen-bond donors (Lipinski definition) is 1. The number of pyridine rings is 1. The van der Waals surface area contributed by atoms with Gasteiger partial charge >= 0.3 is 0 Å². The van der Waals surface area contributed by atoms with Crippen molar-refractivity contribution in [3.63, 3.8) is 0 Å². The van der Waals surface area contributed by atoms with Crippen molar-refractivity contribution in [2.24, 2.45) is 5.73 Å². The zero-order valence-electron chi connectivity index (χ0n) is 6.88. The Morgan fingerprint density at radius 3 is 2.91 bits per heavy atom. The second kappa shape index (κ2) is 4.09. The minimum absolute atomic E-state index is 0.719. The quantitative estimate of drug-likeness (QED) is 0.702. The summed E-state index contributed by atoms with van der Waals surface area (Å²) in [5.41, 5.74) is 8.12. The van der Waals surface area contributed by atoms with Crippen molar-refractivity contribution >= 4 is 0 Å². The van der Waals surface area contributed by atoms with Crippen LogP contribution in [0, 0.1) is 0 Å². The molecule has 1 rings (SSSR count). The highest BCUT2D eigenvalue weighted by molar-refractivity contribution is 5.23. The van der Waals surface area contributed by atoms with Crippen LogP contribution in [0.15, 0.2) is 18.5 Å². The highest BCUT2D eigenvalue weighted by atomic mass is 14.6. The van der Waals surface area contributed by atoms with Gasteiger partial charge in [0, 0.05) is 12.4 Å². The monoisotopic (exact) mass is 150 g/mol. The Bertz CT molecular complexity index is 221. The van der Waals surface area contributed by atoms with Crippen LogP contribution in [-0.4, -0.2) is 11.5 Å². The lowest BCUT2D eigenvalue weighted by atomic mass is 10.1. The highest BCUT2D eigenvalue weighted by Crippen LogP contribution is 2.07. The zero-order valence-corrected chi connectivity index (χ0v) is 6.88. The molecular formula is C9H14N2. The normalized spacial score (nSPS) is 10.0. The summed E-state index contributed by atoms with van der Waals surface area (Å²) in [6, 6.07) is 2.05. The van der Waals surface area contributed by atoms with E-state index in [1.807, 2.05) is 18.5 Å².